The highest BCUT2D eigenvalue weighted by Gasteiger charge is 2.09. The molecule has 0 aliphatic carbocycles. The van der Waals surface area contributed by atoms with Gasteiger partial charge in [-0.15, -0.1) is 0 Å². The second-order valence-electron chi connectivity index (χ2n) is 3.26. The number of nitrogens with two attached hydrogens (primary N) is 2. The maximum Gasteiger partial charge on any atom is 0.224 e. The van der Waals surface area contributed by atoms with E-state index in [4.69, 9.17) is 34.7 Å². The van der Waals surface area contributed by atoms with Crippen molar-refractivity contribution in [2.24, 2.45) is 0 Å². The summed E-state index contributed by atoms with van der Waals surface area (Å²) in [5.41, 5.74) is 11.8. The molecule has 0 bridgehead atoms. The van der Waals surface area contributed by atoms with E-state index in [2.05, 4.69) is 15.3 Å². The number of nitrogens with one attached hydrogen (secondary N) is 1. The summed E-state index contributed by atoms with van der Waals surface area (Å²) in [6.45, 7) is 0. The Labute approximate surface area is 108 Å². The Morgan fingerprint density at radius 3 is 2.59 bits per heavy atom. The molecule has 0 aliphatic rings. The van der Waals surface area contributed by atoms with Crippen molar-refractivity contribution < 1.29 is 0 Å². The van der Waals surface area contributed by atoms with Crippen LogP contribution in [0, 0.1) is 0 Å². The van der Waals surface area contributed by atoms with Crippen LogP contribution in [-0.4, -0.2) is 9.97 Å². The van der Waals surface area contributed by atoms with Crippen molar-refractivity contribution >= 4 is 46.5 Å². The largest absolute Gasteiger partial charge is 0.382 e. The Morgan fingerprint density at radius 1 is 1.12 bits per heavy atom. The molecule has 1 heterocycles. The Kier molecular flexibility index (Phi) is 3.21. The van der Waals surface area contributed by atoms with Gasteiger partial charge >= 0.3 is 0 Å². The zero-order valence-corrected chi connectivity index (χ0v) is 10.1. The van der Waals surface area contributed by atoms with Crippen LogP contribution in [0.15, 0.2) is 24.3 Å². The van der Waals surface area contributed by atoms with E-state index in [0.717, 1.165) is 5.69 Å². The minimum Gasteiger partial charge on any atom is -0.382 e. The van der Waals surface area contributed by atoms with Gasteiger partial charge in [0.15, 0.2) is 5.82 Å². The van der Waals surface area contributed by atoms with Gasteiger partial charge in [-0.05, 0) is 18.2 Å². The van der Waals surface area contributed by atoms with Crippen molar-refractivity contribution in [1.29, 1.82) is 0 Å². The number of nitrogens with zero attached hydrogens (tertiary/aromatic N) is 2. The molecule has 0 amide bonds. The molecule has 0 spiro atoms. The van der Waals surface area contributed by atoms with Crippen molar-refractivity contribution in [2.75, 3.05) is 16.8 Å². The zero-order chi connectivity index (χ0) is 12.4. The molecular formula is C10H9Cl2N5. The van der Waals surface area contributed by atoms with E-state index in [1.165, 1.54) is 0 Å². The molecule has 0 aliphatic heterocycles. The Hall–Kier alpha value is -1.72. The smallest absolute Gasteiger partial charge is 0.224 e. The molecule has 0 atom stereocenters. The zero-order valence-electron chi connectivity index (χ0n) is 8.61. The lowest BCUT2D eigenvalue weighted by atomic mass is 10.3. The molecule has 0 saturated heterocycles. The molecule has 2 aromatic rings. The molecule has 2 rings (SSSR count). The molecule has 17 heavy (non-hydrogen) atoms. The molecule has 0 radical (unpaired) electrons. The molecule has 0 unspecified atom stereocenters. The summed E-state index contributed by atoms with van der Waals surface area (Å²) in [4.78, 5) is 7.70. The quantitative estimate of drug-likeness (QED) is 0.780. The first-order valence-electron chi connectivity index (χ1n) is 4.67. The van der Waals surface area contributed by atoms with Crippen molar-refractivity contribution in [1.82, 2.24) is 9.97 Å². The summed E-state index contributed by atoms with van der Waals surface area (Å²) < 4.78 is 0. The predicted molar refractivity (Wildman–Crippen MR) is 70.6 cm³/mol. The summed E-state index contributed by atoms with van der Waals surface area (Å²) in [6.07, 6.45) is 0. The summed E-state index contributed by atoms with van der Waals surface area (Å²) in [5.74, 6) is 0.527. The highest BCUT2D eigenvalue weighted by Crippen LogP contribution is 2.28. The van der Waals surface area contributed by atoms with Crippen LogP contribution >= 0.6 is 23.2 Å². The first kappa shape index (κ1) is 11.8. The molecule has 0 saturated carbocycles. The second kappa shape index (κ2) is 4.65. The number of halogens is 2. The van der Waals surface area contributed by atoms with E-state index < -0.39 is 0 Å². The van der Waals surface area contributed by atoms with E-state index in [-0.39, 0.29) is 16.8 Å². The van der Waals surface area contributed by atoms with Crippen molar-refractivity contribution in [3.8, 4) is 0 Å². The van der Waals surface area contributed by atoms with Gasteiger partial charge in [0.05, 0.1) is 0 Å². The lowest BCUT2D eigenvalue weighted by Gasteiger charge is -2.09. The lowest BCUT2D eigenvalue weighted by molar-refractivity contribution is 1.19. The van der Waals surface area contributed by atoms with Gasteiger partial charge in [-0.2, -0.15) is 9.97 Å². The maximum absolute atomic E-state index is 5.95. The van der Waals surface area contributed by atoms with Crippen LogP contribution in [0.3, 0.4) is 0 Å². The first-order chi connectivity index (χ1) is 8.06. The average molecular weight is 270 g/mol. The summed E-state index contributed by atoms with van der Waals surface area (Å²) >= 11 is 11.8. The standard InChI is InChI=1S/C10H9Cl2N5/c11-5-2-1-3-6(4-5)15-9-7(12)8(13)16-10(14)17-9/h1-4H,(H5,13,14,15,16,17). The van der Waals surface area contributed by atoms with Crippen LogP contribution < -0.4 is 16.8 Å². The van der Waals surface area contributed by atoms with Crippen LogP contribution in [-0.2, 0) is 0 Å². The number of aromatic nitrogens is 2. The van der Waals surface area contributed by atoms with Crippen molar-refractivity contribution in [3.63, 3.8) is 0 Å². The SMILES string of the molecule is Nc1nc(N)c(Cl)c(Nc2cccc(Cl)c2)n1. The third-order valence-corrected chi connectivity index (χ3v) is 2.59. The molecule has 5 N–H and O–H groups in total. The summed E-state index contributed by atoms with van der Waals surface area (Å²) in [5, 5.41) is 3.79. The fourth-order valence-corrected chi connectivity index (χ4v) is 1.59. The normalized spacial score (nSPS) is 10.2. The molecular weight excluding hydrogens is 261 g/mol. The number of rotatable bonds is 2. The van der Waals surface area contributed by atoms with Gasteiger partial charge in [-0.1, -0.05) is 29.3 Å². The van der Waals surface area contributed by atoms with Gasteiger partial charge in [0.25, 0.3) is 0 Å². The number of anilines is 4. The molecule has 7 heteroatoms. The van der Waals surface area contributed by atoms with E-state index in [1.54, 1.807) is 18.2 Å². The number of hydrogen-bond acceptors (Lipinski definition) is 5. The van der Waals surface area contributed by atoms with Crippen LogP contribution in [0.2, 0.25) is 10.0 Å². The number of benzene rings is 1. The Balaban J connectivity index is 2.36. The van der Waals surface area contributed by atoms with E-state index in [0.29, 0.717) is 10.8 Å². The lowest BCUT2D eigenvalue weighted by Crippen LogP contribution is -2.04. The van der Waals surface area contributed by atoms with Crippen molar-refractivity contribution in [2.45, 2.75) is 0 Å². The first-order valence-corrected chi connectivity index (χ1v) is 5.43. The van der Waals surface area contributed by atoms with Crippen molar-refractivity contribution in [3.05, 3.63) is 34.3 Å². The van der Waals surface area contributed by atoms with Gasteiger partial charge in [0.2, 0.25) is 5.95 Å². The topological polar surface area (TPSA) is 89.8 Å². The minimum absolute atomic E-state index is 0.0522. The monoisotopic (exact) mass is 269 g/mol. The highest BCUT2D eigenvalue weighted by molar-refractivity contribution is 6.35. The second-order valence-corrected chi connectivity index (χ2v) is 4.08. The van der Waals surface area contributed by atoms with Gasteiger partial charge in [0.1, 0.15) is 10.8 Å². The Morgan fingerprint density at radius 2 is 1.88 bits per heavy atom. The molecule has 0 fully saturated rings. The third-order valence-electron chi connectivity index (χ3n) is 1.98. The molecule has 5 nitrogen and oxygen atoms in total. The van der Waals surface area contributed by atoms with Gasteiger partial charge in [-0.3, -0.25) is 0 Å². The molecule has 1 aromatic heterocycles. The van der Waals surface area contributed by atoms with Gasteiger partial charge in [-0.25, -0.2) is 0 Å². The fourth-order valence-electron chi connectivity index (χ4n) is 1.27. The fraction of sp³-hybridized carbons (Fsp3) is 0. The highest BCUT2D eigenvalue weighted by atomic mass is 35.5. The Bertz CT molecular complexity index is 558. The number of hydrogen-bond donors (Lipinski definition) is 3. The molecule has 1 aromatic carbocycles. The van der Waals surface area contributed by atoms with E-state index >= 15 is 0 Å². The van der Waals surface area contributed by atoms with Crippen LogP contribution in [0.25, 0.3) is 0 Å². The minimum atomic E-state index is 0.0522. The van der Waals surface area contributed by atoms with Crippen LogP contribution in [0.1, 0.15) is 0 Å². The van der Waals surface area contributed by atoms with Gasteiger partial charge in [0, 0.05) is 10.7 Å². The summed E-state index contributed by atoms with van der Waals surface area (Å²) in [7, 11) is 0. The average Bonchev–Trinajstić information content (AvgIpc) is 2.25. The van der Waals surface area contributed by atoms with E-state index in [1.807, 2.05) is 6.07 Å². The number of nitrogen functional groups attached to an aromatic ring is 2. The van der Waals surface area contributed by atoms with Crippen LogP contribution in [0.5, 0.6) is 0 Å². The van der Waals surface area contributed by atoms with E-state index in [9.17, 15) is 0 Å². The van der Waals surface area contributed by atoms with Gasteiger partial charge < -0.3 is 16.8 Å². The van der Waals surface area contributed by atoms with Crippen LogP contribution in [0.4, 0.5) is 23.3 Å². The third kappa shape index (κ3) is 2.69. The maximum atomic E-state index is 5.95. The summed E-state index contributed by atoms with van der Waals surface area (Å²) in [6, 6.07) is 7.10. The molecule has 88 valence electrons. The predicted octanol–water partition coefficient (Wildman–Crippen LogP) is 2.69.